The van der Waals surface area contributed by atoms with E-state index in [4.69, 9.17) is 0 Å². The highest BCUT2D eigenvalue weighted by Gasteiger charge is 2.27. The quantitative estimate of drug-likeness (QED) is 0.753. The molecule has 3 rings (SSSR count). The van der Waals surface area contributed by atoms with Gasteiger partial charge in [0.2, 0.25) is 5.91 Å². The van der Waals surface area contributed by atoms with Crippen LogP contribution in [0.15, 0.2) is 46.6 Å². The number of aromatic nitrogens is 2. The predicted molar refractivity (Wildman–Crippen MR) is 115 cm³/mol. The fourth-order valence-corrected chi connectivity index (χ4v) is 4.19. The molecule has 150 valence electrons. The molecular weight excluding hydrogens is 368 g/mol. The van der Waals surface area contributed by atoms with Gasteiger partial charge in [0.05, 0.1) is 0 Å². The smallest absolute Gasteiger partial charge is 0.223 e. The first-order valence-corrected chi connectivity index (χ1v) is 10.9. The second-order valence-corrected chi connectivity index (χ2v) is 8.90. The van der Waals surface area contributed by atoms with Crippen LogP contribution < -0.4 is 10.2 Å². The third-order valence-corrected chi connectivity index (χ3v) is 6.06. The summed E-state index contributed by atoms with van der Waals surface area (Å²) in [7, 11) is 0. The van der Waals surface area contributed by atoms with Gasteiger partial charge in [-0.3, -0.25) is 4.79 Å². The van der Waals surface area contributed by atoms with E-state index in [1.54, 1.807) is 24.2 Å². The summed E-state index contributed by atoms with van der Waals surface area (Å²) in [5, 5.41) is 4.02. The number of rotatable bonds is 7. The van der Waals surface area contributed by atoms with Crippen molar-refractivity contribution in [1.29, 1.82) is 0 Å². The van der Waals surface area contributed by atoms with Crippen molar-refractivity contribution in [3.63, 3.8) is 0 Å². The standard InChI is InChI=1S/C22H30N4OS/c1-16(2)8-11-24-21(27)18-9-14-26(15-10-18)20-22(25-13-12-23-20)28-19-6-4-17(3)5-7-19/h4-7,12-13,16,18H,8-11,14-15H2,1-3H3,(H,24,27). The van der Waals surface area contributed by atoms with Crippen molar-refractivity contribution in [2.45, 2.75) is 50.0 Å². The zero-order valence-corrected chi connectivity index (χ0v) is 17.8. The molecule has 0 aliphatic carbocycles. The van der Waals surface area contributed by atoms with Crippen LogP contribution in [0.2, 0.25) is 0 Å². The normalized spacial score (nSPS) is 15.1. The third-order valence-electron chi connectivity index (χ3n) is 5.07. The highest BCUT2D eigenvalue weighted by Crippen LogP contribution is 2.34. The summed E-state index contributed by atoms with van der Waals surface area (Å²) in [5.74, 6) is 1.84. The molecule has 1 aliphatic rings. The van der Waals surface area contributed by atoms with Crippen molar-refractivity contribution < 1.29 is 4.79 Å². The van der Waals surface area contributed by atoms with Crippen molar-refractivity contribution in [2.24, 2.45) is 11.8 Å². The maximum Gasteiger partial charge on any atom is 0.223 e. The van der Waals surface area contributed by atoms with Crippen molar-refractivity contribution in [1.82, 2.24) is 15.3 Å². The molecule has 2 aromatic rings. The number of amides is 1. The molecule has 0 radical (unpaired) electrons. The van der Waals surface area contributed by atoms with Crippen LogP contribution in [0, 0.1) is 18.8 Å². The van der Waals surface area contributed by atoms with E-state index < -0.39 is 0 Å². The Morgan fingerprint density at radius 1 is 1.18 bits per heavy atom. The monoisotopic (exact) mass is 398 g/mol. The molecule has 1 aromatic heterocycles. The molecule has 1 saturated heterocycles. The lowest BCUT2D eigenvalue weighted by Crippen LogP contribution is -2.41. The minimum Gasteiger partial charge on any atom is -0.356 e. The summed E-state index contributed by atoms with van der Waals surface area (Å²) in [6, 6.07) is 8.46. The van der Waals surface area contributed by atoms with Crippen LogP contribution in [0.4, 0.5) is 5.82 Å². The van der Waals surface area contributed by atoms with Gasteiger partial charge in [0.15, 0.2) is 5.82 Å². The zero-order chi connectivity index (χ0) is 19.9. The Kier molecular flexibility index (Phi) is 7.31. The number of carbonyl (C=O) groups is 1. The fraction of sp³-hybridized carbons (Fsp3) is 0.500. The Labute approximate surface area is 172 Å². The van der Waals surface area contributed by atoms with Crippen molar-refractivity contribution in [3.8, 4) is 0 Å². The Hall–Kier alpha value is -2.08. The lowest BCUT2D eigenvalue weighted by atomic mass is 9.96. The Bertz CT molecular complexity index is 770. The summed E-state index contributed by atoms with van der Waals surface area (Å²) in [5.41, 5.74) is 1.25. The summed E-state index contributed by atoms with van der Waals surface area (Å²) >= 11 is 1.64. The Balaban J connectivity index is 1.58. The van der Waals surface area contributed by atoms with Crippen molar-refractivity contribution in [3.05, 3.63) is 42.2 Å². The summed E-state index contributed by atoms with van der Waals surface area (Å²) in [6.45, 7) is 8.89. The van der Waals surface area contributed by atoms with E-state index in [2.05, 4.69) is 65.2 Å². The molecule has 1 aliphatic heterocycles. The van der Waals surface area contributed by atoms with Gasteiger partial charge in [0.1, 0.15) is 5.03 Å². The number of hydrogen-bond acceptors (Lipinski definition) is 5. The van der Waals surface area contributed by atoms with Gasteiger partial charge in [-0.2, -0.15) is 0 Å². The molecule has 28 heavy (non-hydrogen) atoms. The summed E-state index contributed by atoms with van der Waals surface area (Å²) in [6.07, 6.45) is 6.25. The summed E-state index contributed by atoms with van der Waals surface area (Å²) < 4.78 is 0. The van der Waals surface area contributed by atoms with Gasteiger partial charge in [0, 0.05) is 42.8 Å². The average Bonchev–Trinajstić information content (AvgIpc) is 2.70. The Morgan fingerprint density at radius 2 is 1.86 bits per heavy atom. The number of anilines is 1. The second kappa shape index (κ2) is 9.92. The molecule has 0 atom stereocenters. The molecule has 2 heterocycles. The molecule has 1 N–H and O–H groups in total. The minimum atomic E-state index is 0.105. The van der Waals surface area contributed by atoms with Crippen molar-refractivity contribution in [2.75, 3.05) is 24.5 Å². The topological polar surface area (TPSA) is 58.1 Å². The zero-order valence-electron chi connectivity index (χ0n) is 17.0. The SMILES string of the molecule is Cc1ccc(Sc2nccnc2N2CCC(C(=O)NCCC(C)C)CC2)cc1. The number of piperidine rings is 1. The molecular formula is C22H30N4OS. The number of nitrogens with zero attached hydrogens (tertiary/aromatic N) is 3. The number of aryl methyl sites for hydroxylation is 1. The average molecular weight is 399 g/mol. The number of benzene rings is 1. The highest BCUT2D eigenvalue weighted by atomic mass is 32.2. The van der Waals surface area contributed by atoms with Crippen molar-refractivity contribution >= 4 is 23.5 Å². The van der Waals surface area contributed by atoms with Crippen LogP contribution in [0.25, 0.3) is 0 Å². The fourth-order valence-electron chi connectivity index (χ4n) is 3.31. The minimum absolute atomic E-state index is 0.105. The maximum absolute atomic E-state index is 12.4. The first-order valence-electron chi connectivity index (χ1n) is 10.1. The van der Waals surface area contributed by atoms with Crippen LogP contribution in [-0.2, 0) is 4.79 Å². The van der Waals surface area contributed by atoms with Gasteiger partial charge in [-0.1, -0.05) is 43.3 Å². The first-order chi connectivity index (χ1) is 13.5. The molecule has 1 fully saturated rings. The van der Waals surface area contributed by atoms with Gasteiger partial charge >= 0.3 is 0 Å². The van der Waals surface area contributed by atoms with E-state index in [0.717, 1.165) is 54.6 Å². The molecule has 6 heteroatoms. The molecule has 0 spiro atoms. The van der Waals surface area contributed by atoms with E-state index in [1.807, 2.05) is 0 Å². The summed E-state index contributed by atoms with van der Waals surface area (Å²) in [4.78, 5) is 25.0. The lowest BCUT2D eigenvalue weighted by Gasteiger charge is -2.32. The maximum atomic E-state index is 12.4. The molecule has 1 amide bonds. The van der Waals surface area contributed by atoms with E-state index in [1.165, 1.54) is 5.56 Å². The van der Waals surface area contributed by atoms with Crippen LogP contribution in [0.3, 0.4) is 0 Å². The molecule has 0 bridgehead atoms. The van der Waals surface area contributed by atoms with Gasteiger partial charge in [-0.15, -0.1) is 0 Å². The molecule has 5 nitrogen and oxygen atoms in total. The third kappa shape index (κ3) is 5.71. The number of hydrogen-bond donors (Lipinski definition) is 1. The molecule has 1 aromatic carbocycles. The lowest BCUT2D eigenvalue weighted by molar-refractivity contribution is -0.125. The van der Waals surface area contributed by atoms with Crippen LogP contribution >= 0.6 is 11.8 Å². The van der Waals surface area contributed by atoms with Gasteiger partial charge < -0.3 is 10.2 Å². The van der Waals surface area contributed by atoms with E-state index >= 15 is 0 Å². The van der Waals surface area contributed by atoms with Crippen LogP contribution in [0.5, 0.6) is 0 Å². The Morgan fingerprint density at radius 3 is 2.54 bits per heavy atom. The second-order valence-electron chi connectivity index (χ2n) is 7.84. The highest BCUT2D eigenvalue weighted by molar-refractivity contribution is 7.99. The van der Waals surface area contributed by atoms with Crippen LogP contribution in [0.1, 0.15) is 38.7 Å². The van der Waals surface area contributed by atoms with Gasteiger partial charge in [-0.25, -0.2) is 9.97 Å². The number of nitrogens with one attached hydrogen (secondary N) is 1. The predicted octanol–water partition coefficient (Wildman–Crippen LogP) is 4.31. The molecule has 0 unspecified atom stereocenters. The van der Waals surface area contributed by atoms with E-state index in [9.17, 15) is 4.79 Å². The number of carbonyl (C=O) groups excluding carboxylic acids is 1. The molecule has 0 saturated carbocycles. The largest absolute Gasteiger partial charge is 0.356 e. The van der Waals surface area contributed by atoms with Gasteiger partial charge in [-0.05, 0) is 44.2 Å². The van der Waals surface area contributed by atoms with E-state index in [-0.39, 0.29) is 11.8 Å². The first kappa shape index (κ1) is 20.6. The van der Waals surface area contributed by atoms with E-state index in [0.29, 0.717) is 5.92 Å². The van der Waals surface area contributed by atoms with Gasteiger partial charge in [0.25, 0.3) is 0 Å². The van der Waals surface area contributed by atoms with Crippen LogP contribution in [-0.4, -0.2) is 35.5 Å².